The van der Waals surface area contributed by atoms with Crippen LogP contribution in [0.4, 0.5) is 0 Å². The lowest BCUT2D eigenvalue weighted by molar-refractivity contribution is 0.767. The van der Waals surface area contributed by atoms with Crippen molar-refractivity contribution >= 4 is 16.3 Å². The molecule has 0 aromatic carbocycles. The topological polar surface area (TPSA) is 47.2 Å². The molecule has 0 aliphatic carbocycles. The zero-order chi connectivity index (χ0) is 12.4. The lowest BCUT2D eigenvalue weighted by Crippen LogP contribution is -2.10. The van der Waals surface area contributed by atoms with Gasteiger partial charge >= 0.3 is 0 Å². The summed E-state index contributed by atoms with van der Waals surface area (Å²) >= 11 is 1.65. The SMILES string of the molecule is CNCCc1cn(Cc2cn3ccsc3n2)cn1. The fourth-order valence-corrected chi connectivity index (χ4v) is 2.63. The molecular formula is C12H15N5S. The zero-order valence-electron chi connectivity index (χ0n) is 10.2. The number of rotatable bonds is 5. The minimum Gasteiger partial charge on any atom is -0.331 e. The number of nitrogens with zero attached hydrogens (tertiary/aromatic N) is 4. The molecule has 0 atom stereocenters. The maximum atomic E-state index is 4.56. The number of imidazole rings is 2. The first kappa shape index (κ1) is 11.4. The Labute approximate surface area is 109 Å². The number of nitrogens with one attached hydrogen (secondary N) is 1. The Kier molecular flexibility index (Phi) is 3.12. The Morgan fingerprint density at radius 2 is 2.28 bits per heavy atom. The van der Waals surface area contributed by atoms with Gasteiger partial charge in [0.05, 0.1) is 24.3 Å². The zero-order valence-corrected chi connectivity index (χ0v) is 11.0. The predicted molar refractivity (Wildman–Crippen MR) is 72.0 cm³/mol. The van der Waals surface area contributed by atoms with E-state index < -0.39 is 0 Å². The van der Waals surface area contributed by atoms with Crippen molar-refractivity contribution in [3.63, 3.8) is 0 Å². The highest BCUT2D eigenvalue weighted by Gasteiger charge is 2.04. The molecule has 3 rings (SSSR count). The van der Waals surface area contributed by atoms with Crippen LogP contribution >= 0.6 is 11.3 Å². The van der Waals surface area contributed by atoms with E-state index in [0.717, 1.165) is 35.9 Å². The third kappa shape index (κ3) is 2.30. The van der Waals surface area contributed by atoms with Crippen molar-refractivity contribution in [2.75, 3.05) is 13.6 Å². The summed E-state index contributed by atoms with van der Waals surface area (Å²) in [6.45, 7) is 1.73. The van der Waals surface area contributed by atoms with Crippen molar-refractivity contribution in [1.29, 1.82) is 0 Å². The quantitative estimate of drug-likeness (QED) is 0.755. The van der Waals surface area contributed by atoms with Crippen LogP contribution in [0.1, 0.15) is 11.4 Å². The molecule has 0 aliphatic heterocycles. The lowest BCUT2D eigenvalue weighted by atomic mass is 10.3. The largest absolute Gasteiger partial charge is 0.331 e. The van der Waals surface area contributed by atoms with Gasteiger partial charge in [-0.1, -0.05) is 0 Å². The van der Waals surface area contributed by atoms with E-state index in [-0.39, 0.29) is 0 Å². The van der Waals surface area contributed by atoms with Gasteiger partial charge < -0.3 is 9.88 Å². The highest BCUT2D eigenvalue weighted by Crippen LogP contribution is 2.12. The molecule has 0 saturated carbocycles. The summed E-state index contributed by atoms with van der Waals surface area (Å²) in [4.78, 5) is 9.98. The fraction of sp³-hybridized carbons (Fsp3) is 0.333. The van der Waals surface area contributed by atoms with Crippen molar-refractivity contribution in [2.45, 2.75) is 13.0 Å². The number of aromatic nitrogens is 4. The van der Waals surface area contributed by atoms with Crippen molar-refractivity contribution in [2.24, 2.45) is 0 Å². The number of likely N-dealkylation sites (N-methyl/N-ethyl adjacent to an activating group) is 1. The molecule has 6 heteroatoms. The smallest absolute Gasteiger partial charge is 0.193 e. The highest BCUT2D eigenvalue weighted by molar-refractivity contribution is 7.15. The predicted octanol–water partition coefficient (Wildman–Crippen LogP) is 1.40. The second kappa shape index (κ2) is 4.91. The van der Waals surface area contributed by atoms with E-state index in [1.807, 2.05) is 25.0 Å². The van der Waals surface area contributed by atoms with Gasteiger partial charge in [0.15, 0.2) is 4.96 Å². The Morgan fingerprint density at radius 3 is 3.11 bits per heavy atom. The van der Waals surface area contributed by atoms with Crippen molar-refractivity contribution in [1.82, 2.24) is 24.3 Å². The van der Waals surface area contributed by atoms with Crippen LogP contribution < -0.4 is 5.32 Å². The van der Waals surface area contributed by atoms with E-state index in [4.69, 9.17) is 0 Å². The molecule has 0 unspecified atom stereocenters. The van der Waals surface area contributed by atoms with Gasteiger partial charge in [0.2, 0.25) is 0 Å². The lowest BCUT2D eigenvalue weighted by Gasteiger charge is -1.97. The molecule has 3 aromatic heterocycles. The van der Waals surface area contributed by atoms with E-state index in [0.29, 0.717) is 0 Å². The van der Waals surface area contributed by atoms with E-state index in [9.17, 15) is 0 Å². The maximum absolute atomic E-state index is 4.56. The summed E-state index contributed by atoms with van der Waals surface area (Å²) in [5.41, 5.74) is 2.18. The summed E-state index contributed by atoms with van der Waals surface area (Å²) in [6, 6.07) is 0. The number of hydrogen-bond donors (Lipinski definition) is 1. The molecule has 1 N–H and O–H groups in total. The molecule has 5 nitrogen and oxygen atoms in total. The first-order valence-corrected chi connectivity index (χ1v) is 6.79. The van der Waals surface area contributed by atoms with Crippen LogP contribution in [-0.2, 0) is 13.0 Å². The van der Waals surface area contributed by atoms with E-state index in [1.165, 1.54) is 0 Å². The average molecular weight is 261 g/mol. The third-order valence-electron chi connectivity index (χ3n) is 2.81. The highest BCUT2D eigenvalue weighted by atomic mass is 32.1. The summed E-state index contributed by atoms with van der Waals surface area (Å²) in [7, 11) is 1.95. The fourth-order valence-electron chi connectivity index (χ4n) is 1.91. The third-order valence-corrected chi connectivity index (χ3v) is 3.58. The van der Waals surface area contributed by atoms with Crippen LogP contribution in [0.3, 0.4) is 0 Å². The van der Waals surface area contributed by atoms with Gasteiger partial charge in [0.25, 0.3) is 0 Å². The molecule has 3 heterocycles. The second-order valence-corrected chi connectivity index (χ2v) is 5.09. The van der Waals surface area contributed by atoms with Crippen molar-refractivity contribution < 1.29 is 0 Å². The molecule has 0 spiro atoms. The van der Waals surface area contributed by atoms with Crippen LogP contribution in [0.15, 0.2) is 30.3 Å². The Balaban J connectivity index is 1.72. The van der Waals surface area contributed by atoms with Gasteiger partial charge in [0, 0.05) is 36.9 Å². The molecule has 0 radical (unpaired) electrons. The molecule has 0 bridgehead atoms. The molecule has 0 saturated heterocycles. The van der Waals surface area contributed by atoms with E-state index in [1.54, 1.807) is 11.3 Å². The average Bonchev–Trinajstić information content (AvgIpc) is 3.02. The Morgan fingerprint density at radius 1 is 1.33 bits per heavy atom. The van der Waals surface area contributed by atoms with Crippen LogP contribution in [0.2, 0.25) is 0 Å². The van der Waals surface area contributed by atoms with Gasteiger partial charge in [-0.05, 0) is 7.05 Å². The molecule has 94 valence electrons. The standard InChI is InChI=1S/C12H15N5S/c1-13-3-2-10-6-16(9-14-10)7-11-8-17-4-5-18-12(17)15-11/h4-6,8-9,13H,2-3,7H2,1H3. The molecule has 0 aliphatic rings. The minimum atomic E-state index is 0.779. The number of fused-ring (bicyclic) bond motifs is 1. The molecule has 0 fully saturated rings. The Hall–Kier alpha value is -1.66. The van der Waals surface area contributed by atoms with Crippen LogP contribution in [0, 0.1) is 0 Å². The van der Waals surface area contributed by atoms with Gasteiger partial charge in [-0.25, -0.2) is 9.97 Å². The molecular weight excluding hydrogens is 246 g/mol. The van der Waals surface area contributed by atoms with Crippen LogP contribution in [0.25, 0.3) is 4.96 Å². The van der Waals surface area contributed by atoms with Crippen molar-refractivity contribution in [3.05, 3.63) is 41.7 Å². The summed E-state index contributed by atoms with van der Waals surface area (Å²) < 4.78 is 4.14. The first-order chi connectivity index (χ1) is 8.85. The first-order valence-electron chi connectivity index (χ1n) is 5.91. The molecule has 0 amide bonds. The van der Waals surface area contributed by atoms with Gasteiger partial charge in [-0.3, -0.25) is 4.40 Å². The van der Waals surface area contributed by atoms with E-state index in [2.05, 4.69) is 36.6 Å². The normalized spacial score (nSPS) is 11.4. The van der Waals surface area contributed by atoms with E-state index >= 15 is 0 Å². The van der Waals surface area contributed by atoms with Crippen molar-refractivity contribution in [3.8, 4) is 0 Å². The van der Waals surface area contributed by atoms with Gasteiger partial charge in [-0.15, -0.1) is 11.3 Å². The number of hydrogen-bond acceptors (Lipinski definition) is 4. The Bertz CT molecular complexity index is 607. The maximum Gasteiger partial charge on any atom is 0.193 e. The second-order valence-electron chi connectivity index (χ2n) is 4.22. The monoisotopic (exact) mass is 261 g/mol. The van der Waals surface area contributed by atoms with Gasteiger partial charge in [0.1, 0.15) is 0 Å². The summed E-state index contributed by atoms with van der Waals surface area (Å²) in [5, 5.41) is 5.17. The minimum absolute atomic E-state index is 0.779. The summed E-state index contributed by atoms with van der Waals surface area (Å²) in [5.74, 6) is 0. The van der Waals surface area contributed by atoms with Crippen LogP contribution in [0.5, 0.6) is 0 Å². The van der Waals surface area contributed by atoms with Crippen LogP contribution in [-0.4, -0.2) is 32.5 Å². The molecule has 3 aromatic rings. The van der Waals surface area contributed by atoms with Gasteiger partial charge in [-0.2, -0.15) is 0 Å². The summed E-state index contributed by atoms with van der Waals surface area (Å²) in [6.07, 6.45) is 9.02. The number of thiazole rings is 1. The molecule has 18 heavy (non-hydrogen) atoms.